The van der Waals surface area contributed by atoms with Gasteiger partial charge in [0.15, 0.2) is 0 Å². The van der Waals surface area contributed by atoms with Crippen LogP contribution in [0.15, 0.2) is 42.5 Å². The minimum absolute atomic E-state index is 0.255. The van der Waals surface area contributed by atoms with Crippen LogP contribution in [-0.4, -0.2) is 12.5 Å². The fourth-order valence-corrected chi connectivity index (χ4v) is 2.66. The summed E-state index contributed by atoms with van der Waals surface area (Å²) in [5, 5.41) is 3.73. The lowest BCUT2D eigenvalue weighted by atomic mass is 10.1. The summed E-state index contributed by atoms with van der Waals surface area (Å²) < 4.78 is 5.73. The molecule has 0 aromatic heterocycles. The fourth-order valence-electron chi connectivity index (χ4n) is 2.14. The minimum atomic E-state index is -0.255. The topological polar surface area (TPSA) is 38.3 Å². The Morgan fingerprint density at radius 1 is 1.09 bits per heavy atom. The number of rotatable bonds is 7. The van der Waals surface area contributed by atoms with E-state index in [1.165, 1.54) is 0 Å². The number of anilines is 1. The summed E-state index contributed by atoms with van der Waals surface area (Å²) in [7, 11) is 0. The molecule has 0 saturated heterocycles. The third-order valence-corrected chi connectivity index (χ3v) is 3.69. The van der Waals surface area contributed by atoms with Gasteiger partial charge in [-0.1, -0.05) is 55.1 Å². The molecule has 0 atom stereocenters. The largest absolute Gasteiger partial charge is 0.493 e. The summed E-state index contributed by atoms with van der Waals surface area (Å²) >= 11 is 11.9. The van der Waals surface area contributed by atoms with Gasteiger partial charge in [0.25, 0.3) is 5.91 Å². The number of carbonyl (C=O) groups is 1. The number of carbonyl (C=O) groups excluding carboxylic acids is 1. The van der Waals surface area contributed by atoms with Crippen molar-refractivity contribution in [2.24, 2.45) is 0 Å². The van der Waals surface area contributed by atoms with Gasteiger partial charge in [0.05, 0.1) is 12.2 Å². The lowest BCUT2D eigenvalue weighted by Gasteiger charge is -2.12. The van der Waals surface area contributed by atoms with Gasteiger partial charge < -0.3 is 10.1 Å². The molecule has 122 valence electrons. The molecule has 0 fully saturated rings. The Morgan fingerprint density at radius 2 is 1.78 bits per heavy atom. The fraction of sp³-hybridized carbons (Fsp3) is 0.278. The number of amides is 1. The summed E-state index contributed by atoms with van der Waals surface area (Å²) in [6.45, 7) is 2.73. The number of ether oxygens (including phenoxy) is 1. The maximum Gasteiger partial charge on any atom is 0.259 e. The number of hydrogen-bond acceptors (Lipinski definition) is 2. The minimum Gasteiger partial charge on any atom is -0.493 e. The molecule has 5 heteroatoms. The van der Waals surface area contributed by atoms with Crippen LogP contribution >= 0.6 is 23.2 Å². The first-order chi connectivity index (χ1) is 11.1. The molecule has 1 N–H and O–H groups in total. The molecular formula is C18H19Cl2NO2. The van der Waals surface area contributed by atoms with Gasteiger partial charge in [0, 0.05) is 15.7 Å². The third kappa shape index (κ3) is 5.45. The molecule has 0 unspecified atom stereocenters. The molecule has 2 aromatic rings. The van der Waals surface area contributed by atoms with Crippen LogP contribution in [0.3, 0.4) is 0 Å². The van der Waals surface area contributed by atoms with Crippen molar-refractivity contribution < 1.29 is 9.53 Å². The van der Waals surface area contributed by atoms with Crippen molar-refractivity contribution in [2.75, 3.05) is 11.9 Å². The Labute approximate surface area is 146 Å². The summed E-state index contributed by atoms with van der Waals surface area (Å²) in [5.74, 6) is 0.323. The lowest BCUT2D eigenvalue weighted by molar-refractivity contribution is 0.102. The number of para-hydroxylation sites is 1. The molecule has 0 bridgehead atoms. The van der Waals surface area contributed by atoms with Crippen LogP contribution in [0.4, 0.5) is 5.69 Å². The van der Waals surface area contributed by atoms with Crippen LogP contribution in [-0.2, 0) is 0 Å². The van der Waals surface area contributed by atoms with E-state index >= 15 is 0 Å². The van der Waals surface area contributed by atoms with Gasteiger partial charge in [-0.05, 0) is 36.8 Å². The number of halogens is 2. The smallest absolute Gasteiger partial charge is 0.259 e. The molecule has 0 spiro atoms. The van der Waals surface area contributed by atoms with Crippen molar-refractivity contribution in [1.82, 2.24) is 0 Å². The zero-order valence-corrected chi connectivity index (χ0v) is 14.5. The molecule has 2 aromatic carbocycles. The second-order valence-electron chi connectivity index (χ2n) is 5.16. The Morgan fingerprint density at radius 3 is 2.48 bits per heavy atom. The Hall–Kier alpha value is -1.71. The van der Waals surface area contributed by atoms with Gasteiger partial charge in [0.2, 0.25) is 0 Å². The highest BCUT2D eigenvalue weighted by Crippen LogP contribution is 2.24. The highest BCUT2D eigenvalue weighted by molar-refractivity contribution is 6.35. The molecule has 0 saturated carbocycles. The van der Waals surface area contributed by atoms with E-state index in [1.807, 2.05) is 6.07 Å². The van der Waals surface area contributed by atoms with Gasteiger partial charge in [-0.2, -0.15) is 0 Å². The number of nitrogens with one attached hydrogen (secondary N) is 1. The second-order valence-corrected chi connectivity index (χ2v) is 6.04. The van der Waals surface area contributed by atoms with Crippen molar-refractivity contribution in [2.45, 2.75) is 26.2 Å². The summed E-state index contributed by atoms with van der Waals surface area (Å²) in [6, 6.07) is 12.1. The molecule has 0 aliphatic carbocycles. The van der Waals surface area contributed by atoms with Crippen molar-refractivity contribution in [3.8, 4) is 5.75 Å². The van der Waals surface area contributed by atoms with Crippen LogP contribution in [0, 0.1) is 0 Å². The van der Waals surface area contributed by atoms with Gasteiger partial charge >= 0.3 is 0 Å². The first-order valence-electron chi connectivity index (χ1n) is 7.59. The summed E-state index contributed by atoms with van der Waals surface area (Å²) in [5.41, 5.74) is 1.04. The molecule has 0 radical (unpaired) electrons. The zero-order valence-electron chi connectivity index (χ0n) is 12.9. The third-order valence-electron chi connectivity index (χ3n) is 3.26. The van der Waals surface area contributed by atoms with E-state index < -0.39 is 0 Å². The van der Waals surface area contributed by atoms with Crippen molar-refractivity contribution >= 4 is 34.8 Å². The highest BCUT2D eigenvalue weighted by atomic mass is 35.5. The van der Waals surface area contributed by atoms with E-state index in [2.05, 4.69) is 12.2 Å². The van der Waals surface area contributed by atoms with Crippen LogP contribution in [0.25, 0.3) is 0 Å². The van der Waals surface area contributed by atoms with Crippen LogP contribution < -0.4 is 10.1 Å². The normalized spacial score (nSPS) is 10.4. The quantitative estimate of drug-likeness (QED) is 0.638. The van der Waals surface area contributed by atoms with Gasteiger partial charge in [-0.15, -0.1) is 0 Å². The number of benzene rings is 2. The van der Waals surface area contributed by atoms with E-state index in [0.717, 1.165) is 19.3 Å². The SMILES string of the molecule is CCCCCOc1ccccc1C(=O)Nc1cc(Cl)cc(Cl)c1. The average Bonchev–Trinajstić information content (AvgIpc) is 2.51. The van der Waals surface area contributed by atoms with E-state index in [4.69, 9.17) is 27.9 Å². The first-order valence-corrected chi connectivity index (χ1v) is 8.35. The standard InChI is InChI=1S/C18H19Cl2NO2/c1-2-3-6-9-23-17-8-5-4-7-16(17)18(22)21-15-11-13(19)10-14(20)12-15/h4-5,7-8,10-12H,2-3,6,9H2,1H3,(H,21,22). The predicted octanol–water partition coefficient (Wildman–Crippen LogP) is 5.81. The van der Waals surface area contributed by atoms with E-state index in [1.54, 1.807) is 36.4 Å². The van der Waals surface area contributed by atoms with Crippen molar-refractivity contribution in [1.29, 1.82) is 0 Å². The maximum atomic E-state index is 12.5. The molecule has 3 nitrogen and oxygen atoms in total. The lowest BCUT2D eigenvalue weighted by Crippen LogP contribution is -2.14. The van der Waals surface area contributed by atoms with Crippen molar-refractivity contribution in [3.05, 3.63) is 58.1 Å². The van der Waals surface area contributed by atoms with Gasteiger partial charge in [-0.25, -0.2) is 0 Å². The molecule has 0 heterocycles. The van der Waals surface area contributed by atoms with Crippen LogP contribution in [0.2, 0.25) is 10.0 Å². The van der Waals surface area contributed by atoms with Gasteiger partial charge in [-0.3, -0.25) is 4.79 Å². The summed E-state index contributed by atoms with van der Waals surface area (Å²) in [6.07, 6.45) is 3.20. The van der Waals surface area contributed by atoms with E-state index in [-0.39, 0.29) is 5.91 Å². The molecule has 0 aliphatic heterocycles. The zero-order chi connectivity index (χ0) is 16.7. The second kappa shape index (κ2) is 8.80. The molecule has 0 aliphatic rings. The number of unbranched alkanes of at least 4 members (excludes halogenated alkanes) is 2. The molecule has 1 amide bonds. The Bertz CT molecular complexity index is 654. The van der Waals surface area contributed by atoms with E-state index in [9.17, 15) is 4.79 Å². The Kier molecular flexibility index (Phi) is 6.75. The van der Waals surface area contributed by atoms with E-state index in [0.29, 0.717) is 33.7 Å². The van der Waals surface area contributed by atoms with Crippen LogP contribution in [0.1, 0.15) is 36.5 Å². The molecular weight excluding hydrogens is 333 g/mol. The monoisotopic (exact) mass is 351 g/mol. The van der Waals surface area contributed by atoms with Crippen LogP contribution in [0.5, 0.6) is 5.75 Å². The molecule has 23 heavy (non-hydrogen) atoms. The highest BCUT2D eigenvalue weighted by Gasteiger charge is 2.13. The predicted molar refractivity (Wildman–Crippen MR) is 95.9 cm³/mol. The average molecular weight is 352 g/mol. The first kappa shape index (κ1) is 17.6. The Balaban J connectivity index is 2.09. The van der Waals surface area contributed by atoms with Gasteiger partial charge in [0.1, 0.15) is 5.75 Å². The van der Waals surface area contributed by atoms with Crippen molar-refractivity contribution in [3.63, 3.8) is 0 Å². The summed E-state index contributed by atoms with van der Waals surface area (Å²) in [4.78, 5) is 12.5. The maximum absolute atomic E-state index is 12.5. The molecule has 2 rings (SSSR count). The number of hydrogen-bond donors (Lipinski definition) is 1.